The van der Waals surface area contributed by atoms with Gasteiger partial charge in [0.1, 0.15) is 11.6 Å². The van der Waals surface area contributed by atoms with E-state index in [-0.39, 0.29) is 5.41 Å². The monoisotopic (exact) mass is 287 g/mol. The first-order valence-corrected chi connectivity index (χ1v) is 7.46. The summed E-state index contributed by atoms with van der Waals surface area (Å²) in [5, 5.41) is 7.67. The molecular formula is C16H25N5. The molecule has 2 heterocycles. The highest BCUT2D eigenvalue weighted by Crippen LogP contribution is 2.29. The van der Waals surface area contributed by atoms with Crippen LogP contribution in [0.5, 0.6) is 0 Å². The van der Waals surface area contributed by atoms with E-state index in [9.17, 15) is 0 Å². The van der Waals surface area contributed by atoms with Crippen molar-refractivity contribution < 1.29 is 0 Å². The third-order valence-corrected chi connectivity index (χ3v) is 3.42. The van der Waals surface area contributed by atoms with Gasteiger partial charge in [0.05, 0.1) is 11.4 Å². The molecule has 1 N–H and O–H groups in total. The van der Waals surface area contributed by atoms with E-state index >= 15 is 0 Å². The molecule has 2 rings (SSSR count). The molecule has 0 atom stereocenters. The molecule has 0 bridgehead atoms. The normalized spacial score (nSPS) is 11.7. The van der Waals surface area contributed by atoms with E-state index < -0.39 is 0 Å². The van der Waals surface area contributed by atoms with Crippen molar-refractivity contribution in [3.05, 3.63) is 23.7 Å². The zero-order chi connectivity index (χ0) is 15.6. The molecule has 0 saturated carbocycles. The van der Waals surface area contributed by atoms with Crippen LogP contribution in [0.3, 0.4) is 0 Å². The Balaban J connectivity index is 2.60. The highest BCUT2D eigenvalue weighted by Gasteiger charge is 2.22. The van der Waals surface area contributed by atoms with Gasteiger partial charge in [-0.2, -0.15) is 5.10 Å². The highest BCUT2D eigenvalue weighted by atomic mass is 15.3. The van der Waals surface area contributed by atoms with Crippen molar-refractivity contribution in [2.45, 2.75) is 46.5 Å². The minimum Gasteiger partial charge on any atom is -0.370 e. The lowest BCUT2D eigenvalue weighted by Gasteiger charge is -2.21. The Morgan fingerprint density at radius 1 is 1.24 bits per heavy atom. The van der Waals surface area contributed by atoms with Gasteiger partial charge in [-0.1, -0.05) is 27.7 Å². The number of nitrogens with zero attached hydrogens (tertiary/aromatic N) is 4. The van der Waals surface area contributed by atoms with E-state index in [1.54, 1.807) is 6.20 Å². The van der Waals surface area contributed by atoms with E-state index in [0.717, 1.165) is 41.6 Å². The van der Waals surface area contributed by atoms with Crippen molar-refractivity contribution >= 4 is 5.82 Å². The molecule has 0 aliphatic carbocycles. The molecule has 0 radical (unpaired) electrons. The van der Waals surface area contributed by atoms with Gasteiger partial charge < -0.3 is 5.32 Å². The SMILES string of the molecule is CCCNc1nc(C(C)(C)C)nc(-c2ccnn2C)c1C. The molecule has 0 spiro atoms. The van der Waals surface area contributed by atoms with Gasteiger partial charge in [-0.25, -0.2) is 9.97 Å². The first-order valence-electron chi connectivity index (χ1n) is 7.46. The van der Waals surface area contributed by atoms with Crippen molar-refractivity contribution in [1.82, 2.24) is 19.7 Å². The van der Waals surface area contributed by atoms with E-state index in [2.05, 4.69) is 45.0 Å². The maximum absolute atomic E-state index is 4.80. The predicted molar refractivity (Wildman–Crippen MR) is 86.5 cm³/mol. The quantitative estimate of drug-likeness (QED) is 0.937. The molecule has 0 aromatic carbocycles. The smallest absolute Gasteiger partial charge is 0.136 e. The second-order valence-electron chi connectivity index (χ2n) is 6.39. The van der Waals surface area contributed by atoms with Crippen LogP contribution in [-0.2, 0) is 12.5 Å². The summed E-state index contributed by atoms with van der Waals surface area (Å²) >= 11 is 0. The number of rotatable bonds is 4. The molecular weight excluding hydrogens is 262 g/mol. The molecule has 0 saturated heterocycles. The molecule has 2 aromatic rings. The Kier molecular flexibility index (Phi) is 4.30. The molecule has 5 nitrogen and oxygen atoms in total. The third kappa shape index (κ3) is 3.23. The Morgan fingerprint density at radius 2 is 1.95 bits per heavy atom. The van der Waals surface area contributed by atoms with Gasteiger partial charge in [-0.15, -0.1) is 0 Å². The Bertz CT molecular complexity index is 622. The number of anilines is 1. The fourth-order valence-corrected chi connectivity index (χ4v) is 2.12. The van der Waals surface area contributed by atoms with Gasteiger partial charge in [-0.05, 0) is 19.4 Å². The Morgan fingerprint density at radius 3 is 2.48 bits per heavy atom. The van der Waals surface area contributed by atoms with E-state index in [0.29, 0.717) is 0 Å². The number of hydrogen-bond donors (Lipinski definition) is 1. The molecule has 0 aliphatic heterocycles. The number of nitrogens with one attached hydrogen (secondary N) is 1. The molecule has 21 heavy (non-hydrogen) atoms. The molecule has 0 unspecified atom stereocenters. The van der Waals surface area contributed by atoms with Crippen LogP contribution in [0, 0.1) is 6.92 Å². The van der Waals surface area contributed by atoms with Crippen LogP contribution >= 0.6 is 0 Å². The Labute approximate surface area is 126 Å². The first kappa shape index (κ1) is 15.5. The van der Waals surface area contributed by atoms with Crippen LogP contribution in [0.2, 0.25) is 0 Å². The predicted octanol–water partition coefficient (Wildman–Crippen LogP) is 3.30. The van der Waals surface area contributed by atoms with Crippen LogP contribution in [0.25, 0.3) is 11.4 Å². The zero-order valence-corrected chi connectivity index (χ0v) is 13.9. The van der Waals surface area contributed by atoms with Crippen LogP contribution < -0.4 is 5.32 Å². The summed E-state index contributed by atoms with van der Waals surface area (Å²) in [6.07, 6.45) is 2.86. The number of aromatic nitrogens is 4. The lowest BCUT2D eigenvalue weighted by atomic mass is 9.95. The van der Waals surface area contributed by atoms with Crippen molar-refractivity contribution in [1.29, 1.82) is 0 Å². The molecule has 114 valence electrons. The molecule has 2 aromatic heterocycles. The van der Waals surface area contributed by atoms with E-state index in [1.165, 1.54) is 0 Å². The van der Waals surface area contributed by atoms with Gasteiger partial charge in [0.25, 0.3) is 0 Å². The Hall–Kier alpha value is -1.91. The summed E-state index contributed by atoms with van der Waals surface area (Å²) in [5.41, 5.74) is 2.94. The maximum atomic E-state index is 4.80. The third-order valence-electron chi connectivity index (χ3n) is 3.42. The summed E-state index contributed by atoms with van der Waals surface area (Å²) < 4.78 is 1.85. The summed E-state index contributed by atoms with van der Waals surface area (Å²) in [6, 6.07) is 1.99. The zero-order valence-electron chi connectivity index (χ0n) is 13.9. The first-order chi connectivity index (χ1) is 9.84. The van der Waals surface area contributed by atoms with Crippen molar-refractivity contribution in [2.75, 3.05) is 11.9 Å². The van der Waals surface area contributed by atoms with E-state index in [4.69, 9.17) is 9.97 Å². The van der Waals surface area contributed by atoms with Gasteiger partial charge in [0.15, 0.2) is 0 Å². The van der Waals surface area contributed by atoms with Crippen LogP contribution in [0.1, 0.15) is 45.5 Å². The van der Waals surface area contributed by atoms with Crippen molar-refractivity contribution in [3.8, 4) is 11.4 Å². The standard InChI is InChI=1S/C16H25N5/c1-7-9-17-14-11(2)13(12-8-10-18-21(12)6)19-15(20-14)16(3,4)5/h8,10H,7,9H2,1-6H3,(H,17,19,20). The van der Waals surface area contributed by atoms with Gasteiger partial charge in [-0.3, -0.25) is 4.68 Å². The minimum absolute atomic E-state index is 0.0936. The fraction of sp³-hybridized carbons (Fsp3) is 0.562. The van der Waals surface area contributed by atoms with Crippen molar-refractivity contribution in [2.24, 2.45) is 7.05 Å². The molecule has 0 fully saturated rings. The van der Waals surface area contributed by atoms with E-state index in [1.807, 2.05) is 17.8 Å². The van der Waals surface area contributed by atoms with Gasteiger partial charge in [0, 0.05) is 30.8 Å². The van der Waals surface area contributed by atoms with Crippen molar-refractivity contribution in [3.63, 3.8) is 0 Å². The van der Waals surface area contributed by atoms with Crippen LogP contribution in [0.4, 0.5) is 5.82 Å². The largest absolute Gasteiger partial charge is 0.370 e. The summed E-state index contributed by atoms with van der Waals surface area (Å²) in [5.74, 6) is 1.77. The average molecular weight is 287 g/mol. The second-order valence-corrected chi connectivity index (χ2v) is 6.39. The molecule has 0 aliphatic rings. The van der Waals surface area contributed by atoms with Gasteiger partial charge >= 0.3 is 0 Å². The minimum atomic E-state index is -0.0936. The summed E-state index contributed by atoms with van der Waals surface area (Å²) in [6.45, 7) is 11.5. The average Bonchev–Trinajstić information content (AvgIpc) is 2.82. The topological polar surface area (TPSA) is 55.6 Å². The van der Waals surface area contributed by atoms with Gasteiger partial charge in [0.2, 0.25) is 0 Å². The molecule has 5 heteroatoms. The number of aryl methyl sites for hydroxylation is 1. The summed E-state index contributed by atoms with van der Waals surface area (Å²) in [7, 11) is 1.94. The number of hydrogen-bond acceptors (Lipinski definition) is 4. The lowest BCUT2D eigenvalue weighted by Crippen LogP contribution is -2.19. The highest BCUT2D eigenvalue weighted by molar-refractivity contribution is 5.65. The summed E-state index contributed by atoms with van der Waals surface area (Å²) in [4.78, 5) is 9.53. The maximum Gasteiger partial charge on any atom is 0.136 e. The molecule has 0 amide bonds. The lowest BCUT2D eigenvalue weighted by molar-refractivity contribution is 0.545. The van der Waals surface area contributed by atoms with Crippen LogP contribution in [-0.4, -0.2) is 26.3 Å². The second kappa shape index (κ2) is 5.84. The van der Waals surface area contributed by atoms with Crippen LogP contribution in [0.15, 0.2) is 12.3 Å². The fourth-order valence-electron chi connectivity index (χ4n) is 2.12.